The molecule has 17 heteroatoms. The second kappa shape index (κ2) is 10.8. The van der Waals surface area contributed by atoms with Crippen LogP contribution in [-0.4, -0.2) is 62.7 Å². The molecule has 0 aliphatic carbocycles. The largest absolute Gasteiger partial charge is 0.461 e. The minimum Gasteiger partial charge on any atom is -0.461 e. The molecule has 6 rings (SSSR count). The second-order valence-corrected chi connectivity index (χ2v) is 9.31. The van der Waals surface area contributed by atoms with Crippen molar-refractivity contribution in [3.8, 4) is 22.8 Å². The summed E-state index contributed by atoms with van der Waals surface area (Å²) >= 11 is 0. The summed E-state index contributed by atoms with van der Waals surface area (Å²) in [5.41, 5.74) is 3.24. The van der Waals surface area contributed by atoms with Crippen LogP contribution in [0, 0.1) is 12.7 Å². The molecule has 44 heavy (non-hydrogen) atoms. The van der Waals surface area contributed by atoms with Crippen LogP contribution in [0.5, 0.6) is 0 Å². The Kier molecular flexibility index (Phi) is 6.81. The Labute approximate surface area is 244 Å². The molecule has 4 heterocycles. The molecule has 0 spiro atoms. The number of aromatic nitrogens is 9. The molecule has 0 bridgehead atoms. The summed E-state index contributed by atoms with van der Waals surface area (Å²) in [4.78, 5) is 63.4. The van der Waals surface area contributed by atoms with E-state index in [1.165, 1.54) is 12.1 Å². The number of carbonyl (C=O) groups excluding carboxylic acids is 2. The number of imidazole rings is 1. The van der Waals surface area contributed by atoms with Crippen molar-refractivity contribution in [1.82, 2.24) is 44.1 Å². The Bertz CT molecular complexity index is 2210. The maximum atomic E-state index is 15.0. The normalized spacial score (nSPS) is 11.2. The number of halogens is 1. The van der Waals surface area contributed by atoms with Gasteiger partial charge in [-0.05, 0) is 38.1 Å². The zero-order valence-electron chi connectivity index (χ0n) is 23.0. The van der Waals surface area contributed by atoms with Crippen molar-refractivity contribution in [3.63, 3.8) is 0 Å². The summed E-state index contributed by atoms with van der Waals surface area (Å²) in [5, 5.41) is 13.0. The van der Waals surface area contributed by atoms with Crippen LogP contribution >= 0.6 is 0 Å². The lowest BCUT2D eigenvalue weighted by Gasteiger charge is -2.11. The van der Waals surface area contributed by atoms with E-state index in [0.29, 0.717) is 22.9 Å². The fourth-order valence-electron chi connectivity index (χ4n) is 4.57. The fraction of sp³-hybridized carbons (Fsp3) is 0.111. The van der Waals surface area contributed by atoms with Gasteiger partial charge in [0.25, 0.3) is 5.56 Å². The number of carbonyl (C=O) groups is 2. The number of H-pyrrole nitrogens is 2. The van der Waals surface area contributed by atoms with Gasteiger partial charge in [0.15, 0.2) is 17.0 Å². The van der Waals surface area contributed by atoms with Gasteiger partial charge in [-0.25, -0.2) is 28.4 Å². The molecule has 0 aliphatic rings. The number of rotatable bonds is 6. The number of ether oxygens (including phenoxy) is 1. The van der Waals surface area contributed by atoms with Crippen molar-refractivity contribution < 1.29 is 18.7 Å². The maximum absolute atomic E-state index is 15.0. The Morgan fingerprint density at radius 1 is 1.14 bits per heavy atom. The van der Waals surface area contributed by atoms with Crippen molar-refractivity contribution in [2.75, 3.05) is 17.7 Å². The topological polar surface area (TPSA) is 213 Å². The highest BCUT2D eigenvalue weighted by Gasteiger charge is 2.26. The van der Waals surface area contributed by atoms with Crippen molar-refractivity contribution in [2.24, 2.45) is 0 Å². The molecule has 1 amide bonds. The zero-order chi connectivity index (χ0) is 31.1. The number of nitrogens with two attached hydrogens (primary N) is 1. The number of nitrogen functional groups attached to an aromatic ring is 1. The smallest absolute Gasteiger partial charge is 0.361 e. The molecule has 0 atom stereocenters. The molecule has 0 fully saturated rings. The van der Waals surface area contributed by atoms with Crippen LogP contribution in [0.4, 0.5) is 20.8 Å². The predicted molar refractivity (Wildman–Crippen MR) is 154 cm³/mol. The fourth-order valence-corrected chi connectivity index (χ4v) is 4.57. The van der Waals surface area contributed by atoms with Crippen molar-refractivity contribution in [2.45, 2.75) is 13.8 Å². The quantitative estimate of drug-likeness (QED) is 0.205. The molecule has 0 unspecified atom stereocenters. The van der Waals surface area contributed by atoms with Gasteiger partial charge in [-0.1, -0.05) is 12.1 Å². The van der Waals surface area contributed by atoms with Gasteiger partial charge in [0.05, 0.1) is 18.0 Å². The summed E-state index contributed by atoms with van der Waals surface area (Å²) in [6, 6.07) is 9.16. The van der Waals surface area contributed by atoms with E-state index in [4.69, 9.17) is 10.5 Å². The van der Waals surface area contributed by atoms with E-state index in [1.54, 1.807) is 55.1 Å². The number of fused-ring (bicyclic) bond motifs is 1. The van der Waals surface area contributed by atoms with E-state index in [-0.39, 0.29) is 45.2 Å². The van der Waals surface area contributed by atoms with Crippen LogP contribution in [0.15, 0.2) is 64.4 Å². The average Bonchev–Trinajstić information content (AvgIpc) is 3.73. The van der Waals surface area contributed by atoms with Gasteiger partial charge >= 0.3 is 17.7 Å². The first-order valence-corrected chi connectivity index (χ1v) is 13.0. The molecule has 6 aromatic rings. The van der Waals surface area contributed by atoms with Gasteiger partial charge in [-0.2, -0.15) is 14.6 Å². The van der Waals surface area contributed by atoms with Crippen LogP contribution in [-0.2, 0) is 4.74 Å². The standard InChI is InChI=1S/C27H22FN11O5/c1-3-44-24(41)20-19-21(39(36-20)16-6-4-5-14(11-16)22-33-25(29)35-34-22)23(40)38(27(43)32-19)26(42)31-18-8-7-15(12-17(18)28)37-10-9-30-13(37)2/h4-12H,3H2,1-2H3,(H,31,42)(H,32,43)(H3,29,33,34,35). The first-order valence-electron chi connectivity index (χ1n) is 13.0. The number of hydrogen-bond acceptors (Lipinski definition) is 10. The number of benzene rings is 2. The van der Waals surface area contributed by atoms with Crippen LogP contribution in [0.25, 0.3) is 33.8 Å². The molecule has 222 valence electrons. The van der Waals surface area contributed by atoms with Gasteiger partial charge < -0.3 is 25.3 Å². The molecule has 2 aromatic carbocycles. The molecule has 0 aliphatic heterocycles. The number of esters is 1. The Morgan fingerprint density at radius 3 is 2.64 bits per heavy atom. The molecule has 0 saturated heterocycles. The Balaban J connectivity index is 1.46. The minimum atomic E-state index is -1.25. The number of nitrogens with one attached hydrogen (secondary N) is 3. The van der Waals surface area contributed by atoms with E-state index in [2.05, 4.69) is 35.6 Å². The van der Waals surface area contributed by atoms with E-state index in [1.807, 2.05) is 0 Å². The van der Waals surface area contributed by atoms with Crippen LogP contribution in [0.2, 0.25) is 0 Å². The molecule has 4 aromatic heterocycles. The second-order valence-electron chi connectivity index (χ2n) is 9.31. The Hall–Kier alpha value is -6.39. The van der Waals surface area contributed by atoms with Crippen LogP contribution in [0.1, 0.15) is 23.2 Å². The molecule has 5 N–H and O–H groups in total. The molecule has 0 radical (unpaired) electrons. The van der Waals surface area contributed by atoms with Crippen LogP contribution < -0.4 is 22.3 Å². The first-order chi connectivity index (χ1) is 21.2. The van der Waals surface area contributed by atoms with E-state index >= 15 is 4.39 Å². The monoisotopic (exact) mass is 599 g/mol. The number of nitrogens with zero attached hydrogens (tertiary/aromatic N) is 7. The summed E-state index contributed by atoms with van der Waals surface area (Å²) < 4.78 is 23.0. The number of hydrogen-bond donors (Lipinski definition) is 4. The third kappa shape index (κ3) is 4.77. The first kappa shape index (κ1) is 27.8. The predicted octanol–water partition coefficient (Wildman–Crippen LogP) is 2.13. The van der Waals surface area contributed by atoms with E-state index in [0.717, 1.165) is 10.7 Å². The molecule has 16 nitrogen and oxygen atoms in total. The zero-order valence-corrected chi connectivity index (χ0v) is 23.0. The highest BCUT2D eigenvalue weighted by molar-refractivity contribution is 6.01. The summed E-state index contributed by atoms with van der Waals surface area (Å²) in [6.07, 6.45) is 3.19. The molecular weight excluding hydrogens is 577 g/mol. The Morgan fingerprint density at radius 2 is 1.95 bits per heavy atom. The van der Waals surface area contributed by atoms with Crippen molar-refractivity contribution in [3.05, 3.63) is 93.0 Å². The molecular formula is C27H22FN11O5. The lowest BCUT2D eigenvalue weighted by Crippen LogP contribution is -2.42. The van der Waals surface area contributed by atoms with E-state index in [9.17, 15) is 19.2 Å². The van der Waals surface area contributed by atoms with Crippen molar-refractivity contribution in [1.29, 1.82) is 0 Å². The minimum absolute atomic E-state index is 0.00827. The number of aryl methyl sites for hydroxylation is 1. The van der Waals surface area contributed by atoms with Gasteiger partial charge in [-0.15, -0.1) is 5.10 Å². The third-order valence-electron chi connectivity index (χ3n) is 6.56. The van der Waals surface area contributed by atoms with Gasteiger partial charge in [-0.3, -0.25) is 9.89 Å². The number of amides is 1. The SMILES string of the molecule is CCOC(=O)c1nn(-c2cccc(-c3nc(N)n[nH]3)c2)c2c(=O)n(C(=O)Nc3ccc(-n4ccnc4C)cc3F)c(=O)[nH]c12. The summed E-state index contributed by atoms with van der Waals surface area (Å²) in [7, 11) is 0. The molecule has 0 saturated carbocycles. The lowest BCUT2D eigenvalue weighted by molar-refractivity contribution is 0.0521. The number of anilines is 2. The number of aromatic amines is 2. The van der Waals surface area contributed by atoms with Gasteiger partial charge in [0.2, 0.25) is 5.95 Å². The van der Waals surface area contributed by atoms with Gasteiger partial charge in [0.1, 0.15) is 17.2 Å². The summed E-state index contributed by atoms with van der Waals surface area (Å²) in [5.74, 6) is -0.805. The third-order valence-corrected chi connectivity index (χ3v) is 6.56. The van der Waals surface area contributed by atoms with Gasteiger partial charge in [0, 0.05) is 29.7 Å². The highest BCUT2D eigenvalue weighted by Crippen LogP contribution is 2.23. The highest BCUT2D eigenvalue weighted by atomic mass is 19.1. The lowest BCUT2D eigenvalue weighted by atomic mass is 10.2. The summed E-state index contributed by atoms with van der Waals surface area (Å²) in [6.45, 7) is 3.30. The average molecular weight is 600 g/mol. The van der Waals surface area contributed by atoms with Crippen LogP contribution in [0.3, 0.4) is 0 Å². The van der Waals surface area contributed by atoms with E-state index < -0.39 is 29.1 Å². The maximum Gasteiger partial charge on any atom is 0.361 e. The van der Waals surface area contributed by atoms with Crippen molar-refractivity contribution >= 4 is 34.7 Å².